The molecule has 1 aromatic heterocycles. The van der Waals surface area contributed by atoms with E-state index in [1.54, 1.807) is 0 Å². The number of aromatic hydroxyl groups is 2. The second-order valence-electron chi connectivity index (χ2n) is 4.95. The Morgan fingerprint density at radius 3 is 2.50 bits per heavy atom. The van der Waals surface area contributed by atoms with Crippen LogP contribution in [0.5, 0.6) is 11.5 Å². The minimum Gasteiger partial charge on any atom is -0.504 e. The summed E-state index contributed by atoms with van der Waals surface area (Å²) in [6, 6.07) is 15.5. The number of rotatable bonds is 4. The highest BCUT2D eigenvalue weighted by Crippen LogP contribution is 2.25. The number of carbonyl (C=O) groups is 1. The van der Waals surface area contributed by atoms with Gasteiger partial charge in [0.05, 0.1) is 12.1 Å². The molecule has 3 N–H and O–H groups in total. The van der Waals surface area contributed by atoms with Crippen LogP contribution in [0.15, 0.2) is 54.6 Å². The van der Waals surface area contributed by atoms with Gasteiger partial charge in [-0.3, -0.25) is 9.89 Å². The van der Waals surface area contributed by atoms with Crippen molar-refractivity contribution in [2.24, 2.45) is 0 Å². The smallest absolute Gasteiger partial charge is 0.168 e. The number of H-pyrrole nitrogens is 1. The molecule has 3 aromatic rings. The zero-order valence-electron chi connectivity index (χ0n) is 11.7. The number of aromatic amines is 1. The summed E-state index contributed by atoms with van der Waals surface area (Å²) in [6.07, 6.45) is 0.143. The Morgan fingerprint density at radius 2 is 1.77 bits per heavy atom. The van der Waals surface area contributed by atoms with Crippen molar-refractivity contribution in [2.45, 2.75) is 6.42 Å². The maximum absolute atomic E-state index is 12.2. The second kappa shape index (κ2) is 5.73. The van der Waals surface area contributed by atoms with Gasteiger partial charge >= 0.3 is 0 Å². The third-order valence-electron chi connectivity index (χ3n) is 3.35. The molecule has 2 aromatic carbocycles. The number of carbonyl (C=O) groups excluding carboxylic acids is 1. The van der Waals surface area contributed by atoms with Gasteiger partial charge in [-0.2, -0.15) is 5.10 Å². The molecule has 0 aliphatic heterocycles. The number of hydrogen-bond donors (Lipinski definition) is 3. The maximum Gasteiger partial charge on any atom is 0.168 e. The van der Waals surface area contributed by atoms with Gasteiger partial charge in [-0.1, -0.05) is 30.3 Å². The van der Waals surface area contributed by atoms with Crippen molar-refractivity contribution in [3.05, 3.63) is 65.9 Å². The molecular formula is C17H14N2O3. The first-order valence-corrected chi connectivity index (χ1v) is 6.78. The maximum atomic E-state index is 12.2. The van der Waals surface area contributed by atoms with Gasteiger partial charge in [0.2, 0.25) is 0 Å². The Balaban J connectivity index is 1.77. The van der Waals surface area contributed by atoms with Gasteiger partial charge in [-0.05, 0) is 24.3 Å². The number of aromatic nitrogens is 2. The Morgan fingerprint density at radius 1 is 1.00 bits per heavy atom. The van der Waals surface area contributed by atoms with Crippen LogP contribution in [0.1, 0.15) is 16.1 Å². The molecule has 5 nitrogen and oxygen atoms in total. The lowest BCUT2D eigenvalue weighted by Crippen LogP contribution is -2.03. The minimum absolute atomic E-state index is 0.143. The number of phenolic OH excluding ortho intramolecular Hbond substituents is 2. The summed E-state index contributed by atoms with van der Waals surface area (Å²) in [5.41, 5.74) is 2.78. The zero-order chi connectivity index (χ0) is 15.5. The molecule has 3 rings (SSSR count). The molecule has 0 atom stereocenters. The Hall–Kier alpha value is -3.08. The van der Waals surface area contributed by atoms with E-state index in [1.807, 2.05) is 36.4 Å². The van der Waals surface area contributed by atoms with Crippen LogP contribution in [0.25, 0.3) is 11.3 Å². The number of ketones is 1. The summed E-state index contributed by atoms with van der Waals surface area (Å²) in [7, 11) is 0. The van der Waals surface area contributed by atoms with Crippen LogP contribution in [-0.4, -0.2) is 26.2 Å². The molecule has 0 bridgehead atoms. The van der Waals surface area contributed by atoms with E-state index in [1.165, 1.54) is 18.2 Å². The number of hydrogen-bond acceptors (Lipinski definition) is 4. The molecule has 0 amide bonds. The van der Waals surface area contributed by atoms with Gasteiger partial charge in [0.15, 0.2) is 17.3 Å². The summed E-state index contributed by atoms with van der Waals surface area (Å²) in [6.45, 7) is 0. The molecule has 0 aliphatic carbocycles. The highest BCUT2D eigenvalue weighted by molar-refractivity contribution is 5.98. The molecule has 110 valence electrons. The van der Waals surface area contributed by atoms with E-state index in [0.29, 0.717) is 11.3 Å². The standard InChI is InChI=1S/C17H14N2O3/c20-15-7-6-12(8-17(15)22)16(21)10-13-9-14(19-18-13)11-4-2-1-3-5-11/h1-9,20,22H,10H2,(H,18,19). The normalized spacial score (nSPS) is 10.5. The quantitative estimate of drug-likeness (QED) is 0.510. The number of nitrogens with zero attached hydrogens (tertiary/aromatic N) is 1. The first kappa shape index (κ1) is 13.9. The summed E-state index contributed by atoms with van der Waals surface area (Å²) in [5, 5.41) is 25.8. The van der Waals surface area contributed by atoms with E-state index >= 15 is 0 Å². The summed E-state index contributed by atoms with van der Waals surface area (Å²) in [5.74, 6) is -0.719. The van der Waals surface area contributed by atoms with E-state index in [-0.39, 0.29) is 23.7 Å². The van der Waals surface area contributed by atoms with Gasteiger partial charge in [-0.15, -0.1) is 0 Å². The van der Waals surface area contributed by atoms with Gasteiger partial charge in [0.1, 0.15) is 0 Å². The highest BCUT2D eigenvalue weighted by Gasteiger charge is 2.12. The van der Waals surface area contributed by atoms with Gasteiger partial charge in [0.25, 0.3) is 0 Å². The van der Waals surface area contributed by atoms with Crippen molar-refractivity contribution in [2.75, 3.05) is 0 Å². The summed E-state index contributed by atoms with van der Waals surface area (Å²) >= 11 is 0. The Bertz CT molecular complexity index is 810. The molecule has 0 spiro atoms. The Labute approximate surface area is 126 Å². The lowest BCUT2D eigenvalue weighted by molar-refractivity contribution is 0.0991. The van der Waals surface area contributed by atoms with E-state index in [9.17, 15) is 15.0 Å². The zero-order valence-corrected chi connectivity index (χ0v) is 11.7. The van der Waals surface area contributed by atoms with Crippen LogP contribution < -0.4 is 0 Å². The van der Waals surface area contributed by atoms with Crippen molar-refractivity contribution in [1.82, 2.24) is 10.2 Å². The fourth-order valence-electron chi connectivity index (χ4n) is 2.18. The molecular weight excluding hydrogens is 280 g/mol. The van der Waals surface area contributed by atoms with Gasteiger partial charge in [-0.25, -0.2) is 0 Å². The van der Waals surface area contributed by atoms with Crippen molar-refractivity contribution in [3.63, 3.8) is 0 Å². The van der Waals surface area contributed by atoms with Crippen LogP contribution in [0.2, 0.25) is 0 Å². The molecule has 0 saturated heterocycles. The minimum atomic E-state index is -0.305. The number of phenols is 2. The highest BCUT2D eigenvalue weighted by atomic mass is 16.3. The second-order valence-corrected chi connectivity index (χ2v) is 4.95. The lowest BCUT2D eigenvalue weighted by Gasteiger charge is -2.01. The van der Waals surface area contributed by atoms with E-state index < -0.39 is 0 Å². The molecule has 0 aliphatic rings. The molecule has 1 heterocycles. The Kier molecular flexibility index (Phi) is 3.62. The molecule has 0 radical (unpaired) electrons. The topological polar surface area (TPSA) is 86.2 Å². The molecule has 0 unspecified atom stereocenters. The molecule has 0 fully saturated rings. The van der Waals surface area contributed by atoms with Gasteiger partial charge < -0.3 is 10.2 Å². The first-order chi connectivity index (χ1) is 10.6. The lowest BCUT2D eigenvalue weighted by atomic mass is 10.1. The van der Waals surface area contributed by atoms with Crippen LogP contribution in [0.4, 0.5) is 0 Å². The molecule has 22 heavy (non-hydrogen) atoms. The third-order valence-corrected chi connectivity index (χ3v) is 3.35. The van der Waals surface area contributed by atoms with Crippen molar-refractivity contribution in [1.29, 1.82) is 0 Å². The average molecular weight is 294 g/mol. The van der Waals surface area contributed by atoms with E-state index in [4.69, 9.17) is 0 Å². The van der Waals surface area contributed by atoms with Crippen LogP contribution in [-0.2, 0) is 6.42 Å². The van der Waals surface area contributed by atoms with Gasteiger partial charge in [0, 0.05) is 16.8 Å². The average Bonchev–Trinajstić information content (AvgIpc) is 2.99. The number of benzene rings is 2. The monoisotopic (exact) mass is 294 g/mol. The van der Waals surface area contributed by atoms with Crippen molar-refractivity contribution in [3.8, 4) is 22.8 Å². The van der Waals surface area contributed by atoms with Crippen molar-refractivity contribution < 1.29 is 15.0 Å². The van der Waals surface area contributed by atoms with E-state index in [0.717, 1.165) is 11.3 Å². The SMILES string of the molecule is O=C(Cc1cc(-c2ccccc2)n[nH]1)c1ccc(O)c(O)c1. The van der Waals surface area contributed by atoms with Crippen LogP contribution in [0.3, 0.4) is 0 Å². The first-order valence-electron chi connectivity index (χ1n) is 6.78. The largest absolute Gasteiger partial charge is 0.504 e. The third kappa shape index (κ3) is 2.83. The van der Waals surface area contributed by atoms with E-state index in [2.05, 4.69) is 10.2 Å². The predicted molar refractivity (Wildman–Crippen MR) is 81.8 cm³/mol. The van der Waals surface area contributed by atoms with Crippen LogP contribution in [0, 0.1) is 0 Å². The predicted octanol–water partition coefficient (Wildman–Crippen LogP) is 2.91. The molecule has 0 saturated carbocycles. The fourth-order valence-corrected chi connectivity index (χ4v) is 2.18. The van der Waals surface area contributed by atoms with Crippen molar-refractivity contribution >= 4 is 5.78 Å². The summed E-state index contributed by atoms with van der Waals surface area (Å²) < 4.78 is 0. The number of Topliss-reactive ketones (excluding diaryl/α,β-unsaturated/α-hetero) is 1. The van der Waals surface area contributed by atoms with Crippen LogP contribution >= 0.6 is 0 Å². The fraction of sp³-hybridized carbons (Fsp3) is 0.0588. The molecule has 5 heteroatoms. The summed E-state index contributed by atoms with van der Waals surface area (Å²) in [4.78, 5) is 12.2. The number of nitrogens with one attached hydrogen (secondary N) is 1.